The Morgan fingerprint density at radius 1 is 1.14 bits per heavy atom. The first-order chi connectivity index (χ1) is 17.4. The van der Waals surface area contributed by atoms with Crippen molar-refractivity contribution in [1.82, 2.24) is 14.3 Å². The second kappa shape index (κ2) is 9.72. The normalized spacial score (nSPS) is 15.6. The Hall–Kier alpha value is -3.75. The number of hydrogen-bond acceptors (Lipinski definition) is 5. The number of hydrogen-bond donors (Lipinski definition) is 1. The monoisotopic (exact) mass is 517 g/mol. The molecular weight excluding hydrogens is 494 g/mol. The summed E-state index contributed by atoms with van der Waals surface area (Å²) >= 11 is 7.46. The van der Waals surface area contributed by atoms with Crippen molar-refractivity contribution >= 4 is 40.6 Å². The summed E-state index contributed by atoms with van der Waals surface area (Å²) in [7, 11) is 0. The van der Waals surface area contributed by atoms with Gasteiger partial charge in [-0.05, 0) is 56.7 Å². The summed E-state index contributed by atoms with van der Waals surface area (Å²) in [5.74, 6) is -0.309. The smallest absolute Gasteiger partial charge is 0.271 e. The molecule has 9 heteroatoms. The van der Waals surface area contributed by atoms with E-state index >= 15 is 0 Å². The molecule has 1 N–H and O–H groups in total. The number of thiazole rings is 1. The molecule has 1 amide bonds. The van der Waals surface area contributed by atoms with Gasteiger partial charge in [0.05, 0.1) is 27.5 Å². The van der Waals surface area contributed by atoms with Crippen LogP contribution in [0.5, 0.6) is 0 Å². The number of carbonyl (C=O) groups excluding carboxylic acids is 1. The van der Waals surface area contributed by atoms with Gasteiger partial charge in [0.25, 0.3) is 11.5 Å². The van der Waals surface area contributed by atoms with E-state index in [0.717, 1.165) is 23.4 Å². The fourth-order valence-electron chi connectivity index (χ4n) is 4.27. The zero-order valence-corrected chi connectivity index (χ0v) is 21.6. The molecule has 0 spiro atoms. The van der Waals surface area contributed by atoms with E-state index in [1.165, 1.54) is 11.3 Å². The summed E-state index contributed by atoms with van der Waals surface area (Å²) in [6, 6.07) is 15.8. The summed E-state index contributed by atoms with van der Waals surface area (Å²) in [4.78, 5) is 32.5. The molecule has 0 saturated heterocycles. The van der Waals surface area contributed by atoms with E-state index in [1.54, 1.807) is 23.6 Å². The van der Waals surface area contributed by atoms with Crippen molar-refractivity contribution in [2.45, 2.75) is 33.4 Å². The molecule has 0 aliphatic carbocycles. The molecule has 36 heavy (non-hydrogen) atoms. The van der Waals surface area contributed by atoms with E-state index < -0.39 is 6.04 Å². The Bertz CT molecular complexity index is 1660. The van der Waals surface area contributed by atoms with Crippen molar-refractivity contribution in [2.75, 3.05) is 5.32 Å². The van der Waals surface area contributed by atoms with E-state index in [0.29, 0.717) is 31.3 Å². The third kappa shape index (κ3) is 4.45. The van der Waals surface area contributed by atoms with E-state index in [1.807, 2.05) is 73.3 Å². The maximum atomic E-state index is 13.8. The van der Waals surface area contributed by atoms with E-state index in [2.05, 4.69) is 15.4 Å². The highest BCUT2D eigenvalue weighted by Crippen LogP contribution is 2.31. The third-order valence-electron chi connectivity index (χ3n) is 6.08. The minimum atomic E-state index is -0.649. The third-order valence-corrected chi connectivity index (χ3v) is 7.31. The number of para-hydroxylation sites is 1. The zero-order valence-electron chi connectivity index (χ0n) is 20.0. The molecule has 3 heterocycles. The lowest BCUT2D eigenvalue weighted by Crippen LogP contribution is -2.40. The first-order valence-corrected chi connectivity index (χ1v) is 12.7. The van der Waals surface area contributed by atoms with E-state index in [-0.39, 0.29) is 11.5 Å². The van der Waals surface area contributed by atoms with Gasteiger partial charge in [-0.1, -0.05) is 53.3 Å². The van der Waals surface area contributed by atoms with Crippen molar-refractivity contribution in [1.29, 1.82) is 0 Å². The van der Waals surface area contributed by atoms with Gasteiger partial charge in [-0.2, -0.15) is 5.10 Å². The van der Waals surface area contributed by atoms with Crippen LogP contribution in [-0.2, 0) is 11.3 Å². The molecule has 7 nitrogen and oxygen atoms in total. The number of aryl methyl sites for hydroxylation is 2. The number of aromatic nitrogens is 3. The summed E-state index contributed by atoms with van der Waals surface area (Å²) in [5.41, 5.74) is 3.92. The highest BCUT2D eigenvalue weighted by Gasteiger charge is 2.32. The molecule has 0 fully saturated rings. The number of nitrogens with one attached hydrogen (secondary N) is 1. The van der Waals surface area contributed by atoms with Crippen LogP contribution in [0.4, 0.5) is 5.69 Å². The minimum absolute atomic E-state index is 0.208. The molecular formula is C27H24ClN5O2S. The molecule has 0 saturated carbocycles. The Morgan fingerprint density at radius 3 is 2.53 bits per heavy atom. The number of carbonyl (C=O) groups is 1. The molecule has 0 bridgehead atoms. The topological polar surface area (TPSA) is 81.3 Å². The molecule has 2 aromatic carbocycles. The largest absolute Gasteiger partial charge is 0.322 e. The Labute approximate surface area is 216 Å². The minimum Gasteiger partial charge on any atom is -0.322 e. The predicted octanol–water partition coefficient (Wildman–Crippen LogP) is 4.05. The van der Waals surface area contributed by atoms with Crippen LogP contribution in [0.25, 0.3) is 6.08 Å². The lowest BCUT2D eigenvalue weighted by molar-refractivity contribution is -0.113. The van der Waals surface area contributed by atoms with Crippen LogP contribution in [0.2, 0.25) is 5.02 Å². The second-order valence-electron chi connectivity index (χ2n) is 8.48. The highest BCUT2D eigenvalue weighted by atomic mass is 35.5. The number of halogens is 1. The molecule has 0 unspecified atom stereocenters. The highest BCUT2D eigenvalue weighted by molar-refractivity contribution is 7.07. The van der Waals surface area contributed by atoms with Crippen LogP contribution >= 0.6 is 22.9 Å². The van der Waals surface area contributed by atoms with Crippen LogP contribution < -0.4 is 20.2 Å². The summed E-state index contributed by atoms with van der Waals surface area (Å²) in [5, 5.41) is 8.01. The molecule has 1 aliphatic rings. The van der Waals surface area contributed by atoms with Gasteiger partial charge < -0.3 is 5.32 Å². The Kier molecular flexibility index (Phi) is 6.47. The van der Waals surface area contributed by atoms with Crippen LogP contribution in [0.1, 0.15) is 36.7 Å². The van der Waals surface area contributed by atoms with E-state index in [9.17, 15) is 9.59 Å². The average molecular weight is 518 g/mol. The zero-order chi connectivity index (χ0) is 25.4. The van der Waals surface area contributed by atoms with Crippen molar-refractivity contribution in [3.05, 3.63) is 114 Å². The Morgan fingerprint density at radius 2 is 1.86 bits per heavy atom. The Balaban J connectivity index is 1.68. The number of benzene rings is 2. The molecule has 5 rings (SSSR count). The van der Waals surface area contributed by atoms with Gasteiger partial charge in [0, 0.05) is 29.0 Å². The quantitative estimate of drug-likeness (QED) is 0.433. The van der Waals surface area contributed by atoms with Crippen LogP contribution in [0.3, 0.4) is 0 Å². The lowest BCUT2D eigenvalue weighted by atomic mass is 9.95. The van der Waals surface area contributed by atoms with Crippen LogP contribution in [-0.4, -0.2) is 20.3 Å². The standard InChI is InChI=1S/C27H24ClN5O2S/c1-4-32-15-19(16(2)31-32)14-22-26(35)33-24(18-10-12-20(28)13-11-18)23(17(3)29-27(33)36-22)25(34)30-21-8-6-5-7-9-21/h5-15,24H,4H2,1-3H3,(H,30,34)/t24-/m0/s1. The summed E-state index contributed by atoms with van der Waals surface area (Å²) < 4.78 is 3.97. The fraction of sp³-hybridized carbons (Fsp3) is 0.185. The number of fused-ring (bicyclic) bond motifs is 1. The number of rotatable bonds is 5. The lowest BCUT2D eigenvalue weighted by Gasteiger charge is -2.25. The van der Waals surface area contributed by atoms with Crippen LogP contribution in [0.15, 0.2) is 81.9 Å². The average Bonchev–Trinajstić information content (AvgIpc) is 3.38. The summed E-state index contributed by atoms with van der Waals surface area (Å²) in [6.45, 7) is 6.48. The van der Waals surface area contributed by atoms with Gasteiger partial charge in [0.15, 0.2) is 4.80 Å². The SMILES string of the molecule is CCn1cc(C=c2sc3n(c2=O)[C@@H](c2ccc(Cl)cc2)C(C(=O)Nc2ccccc2)=C(C)N=3)c(C)n1. The molecule has 1 aliphatic heterocycles. The van der Waals surface area contributed by atoms with E-state index in [4.69, 9.17) is 11.6 Å². The van der Waals surface area contributed by atoms with Gasteiger partial charge in [-0.25, -0.2) is 4.99 Å². The summed E-state index contributed by atoms with van der Waals surface area (Å²) in [6.07, 6.45) is 3.77. The molecule has 2 aromatic heterocycles. The second-order valence-corrected chi connectivity index (χ2v) is 9.92. The molecule has 4 aromatic rings. The van der Waals surface area contributed by atoms with Crippen molar-refractivity contribution in [2.24, 2.45) is 4.99 Å². The van der Waals surface area contributed by atoms with Gasteiger partial charge >= 0.3 is 0 Å². The predicted molar refractivity (Wildman–Crippen MR) is 143 cm³/mol. The fourth-order valence-corrected chi connectivity index (χ4v) is 5.43. The van der Waals surface area contributed by atoms with Crippen molar-refractivity contribution in [3.8, 4) is 0 Å². The van der Waals surface area contributed by atoms with Gasteiger partial charge in [0.1, 0.15) is 0 Å². The number of amides is 1. The maximum Gasteiger partial charge on any atom is 0.271 e. The van der Waals surface area contributed by atoms with Gasteiger partial charge in [-0.3, -0.25) is 18.8 Å². The van der Waals surface area contributed by atoms with Gasteiger partial charge in [0.2, 0.25) is 0 Å². The maximum absolute atomic E-state index is 13.8. The number of allylic oxidation sites excluding steroid dienone is 1. The molecule has 182 valence electrons. The van der Waals surface area contributed by atoms with Gasteiger partial charge in [-0.15, -0.1) is 0 Å². The molecule has 1 atom stereocenters. The first kappa shape index (κ1) is 24.0. The van der Waals surface area contributed by atoms with Crippen molar-refractivity contribution < 1.29 is 4.79 Å². The first-order valence-electron chi connectivity index (χ1n) is 11.5. The molecule has 0 radical (unpaired) electrons. The number of nitrogens with zero attached hydrogens (tertiary/aromatic N) is 4. The number of anilines is 1. The van der Waals surface area contributed by atoms with Crippen LogP contribution in [0, 0.1) is 6.92 Å². The van der Waals surface area contributed by atoms with Crippen molar-refractivity contribution in [3.63, 3.8) is 0 Å².